The number of carbonyl (C=O) groups excluding carboxylic acids is 1. The van der Waals surface area contributed by atoms with Gasteiger partial charge in [-0.2, -0.15) is 0 Å². The quantitative estimate of drug-likeness (QED) is 0.802. The van der Waals surface area contributed by atoms with Gasteiger partial charge in [0.2, 0.25) is 0 Å². The van der Waals surface area contributed by atoms with Gasteiger partial charge in [0.15, 0.2) is 0 Å². The first kappa shape index (κ1) is 11.4. The van der Waals surface area contributed by atoms with Crippen molar-refractivity contribution in [2.24, 2.45) is 0 Å². The second-order valence-electron chi connectivity index (χ2n) is 2.39. The van der Waals surface area contributed by atoms with Crippen LogP contribution in [0.4, 0.5) is 0 Å². The lowest BCUT2D eigenvalue weighted by atomic mass is 10.2. The van der Waals surface area contributed by atoms with Gasteiger partial charge in [-0.15, -0.1) is 0 Å². The van der Waals surface area contributed by atoms with Gasteiger partial charge in [0.1, 0.15) is 9.65 Å². The van der Waals surface area contributed by atoms with Crippen molar-refractivity contribution >= 4 is 40.7 Å². The summed E-state index contributed by atoms with van der Waals surface area (Å²) in [7, 11) is 0. The van der Waals surface area contributed by atoms with E-state index in [1.165, 1.54) is 0 Å². The van der Waals surface area contributed by atoms with E-state index >= 15 is 0 Å². The zero-order valence-electron chi connectivity index (χ0n) is 6.93. The van der Waals surface area contributed by atoms with Gasteiger partial charge in [-0.05, 0) is 12.1 Å². The van der Waals surface area contributed by atoms with Crippen LogP contribution in [-0.4, -0.2) is 5.91 Å². The highest BCUT2D eigenvalue weighted by Gasteiger charge is 2.07. The van der Waals surface area contributed by atoms with Crippen LogP contribution in [-0.2, 0) is 0 Å². The number of benzene rings is 1. The molecule has 14 heavy (non-hydrogen) atoms. The van der Waals surface area contributed by atoms with Crippen LogP contribution in [0.2, 0.25) is 0 Å². The molecule has 1 rings (SSSR count). The van der Waals surface area contributed by atoms with Gasteiger partial charge in [-0.3, -0.25) is 4.79 Å². The maximum absolute atomic E-state index is 11.4. The fourth-order valence-corrected chi connectivity index (χ4v) is 0.989. The number of nitrogens with one attached hydrogen (secondary N) is 1. The van der Waals surface area contributed by atoms with Crippen LogP contribution in [0.5, 0.6) is 0 Å². The monoisotopic (exact) mass is 249 g/mol. The Hall–Kier alpha value is -0.700. The Morgan fingerprint density at radius 2 is 1.64 bits per heavy atom. The highest BCUT2D eigenvalue weighted by molar-refractivity contribution is 6.59. The smallest absolute Gasteiger partial charge is 0.256 e. The third-order valence-electron chi connectivity index (χ3n) is 1.43. The molecule has 1 N–H and O–H groups in total. The molecule has 74 valence electrons. The predicted octanol–water partition coefficient (Wildman–Crippen LogP) is 3.26. The van der Waals surface area contributed by atoms with Gasteiger partial charge in [0.25, 0.3) is 5.91 Å². The minimum absolute atomic E-state index is 0.0813. The standard InChI is InChI=1S/C9H6Cl3NO/c10-7(11)8(12)13-9(14)6-4-2-1-3-5-6/h1-5H,(H,13,14). The Bertz CT molecular complexity index is 358. The van der Waals surface area contributed by atoms with Crippen molar-refractivity contribution in [1.82, 2.24) is 5.32 Å². The molecule has 0 saturated heterocycles. The van der Waals surface area contributed by atoms with E-state index in [9.17, 15) is 4.79 Å². The van der Waals surface area contributed by atoms with E-state index in [2.05, 4.69) is 5.32 Å². The molecule has 0 radical (unpaired) electrons. The summed E-state index contributed by atoms with van der Waals surface area (Å²) >= 11 is 16.3. The third-order valence-corrected chi connectivity index (χ3v) is 2.28. The zero-order valence-corrected chi connectivity index (χ0v) is 9.20. The molecule has 1 aromatic carbocycles. The first-order valence-corrected chi connectivity index (χ1v) is 4.82. The Balaban J connectivity index is 2.75. The summed E-state index contributed by atoms with van der Waals surface area (Å²) in [5.41, 5.74) is 0.486. The Labute approximate surface area is 96.5 Å². The van der Waals surface area contributed by atoms with Crippen molar-refractivity contribution in [3.63, 3.8) is 0 Å². The summed E-state index contributed by atoms with van der Waals surface area (Å²) in [6, 6.07) is 8.61. The molecule has 0 bridgehead atoms. The molecule has 0 heterocycles. The first-order chi connectivity index (χ1) is 6.61. The number of hydrogen-bond acceptors (Lipinski definition) is 1. The molecule has 0 fully saturated rings. The largest absolute Gasteiger partial charge is 0.310 e. The van der Waals surface area contributed by atoms with E-state index in [0.29, 0.717) is 5.56 Å². The molecule has 1 amide bonds. The second-order valence-corrected chi connectivity index (χ2v) is 3.72. The lowest BCUT2D eigenvalue weighted by Gasteiger charge is -2.02. The average Bonchev–Trinajstić information content (AvgIpc) is 2.19. The fourth-order valence-electron chi connectivity index (χ4n) is 0.809. The van der Waals surface area contributed by atoms with Crippen molar-refractivity contribution in [2.75, 3.05) is 0 Å². The number of carbonyl (C=O) groups is 1. The Morgan fingerprint density at radius 3 is 2.14 bits per heavy atom. The SMILES string of the molecule is O=C(NC(Cl)=C(Cl)Cl)c1ccccc1. The lowest BCUT2D eigenvalue weighted by Crippen LogP contribution is -2.20. The maximum atomic E-state index is 11.4. The maximum Gasteiger partial charge on any atom is 0.256 e. The molecular weight excluding hydrogens is 244 g/mol. The number of halogens is 3. The third kappa shape index (κ3) is 3.22. The van der Waals surface area contributed by atoms with E-state index in [0.717, 1.165) is 0 Å². The van der Waals surface area contributed by atoms with Crippen LogP contribution in [0.15, 0.2) is 40.0 Å². The molecular formula is C9H6Cl3NO. The van der Waals surface area contributed by atoms with Crippen LogP contribution in [0.25, 0.3) is 0 Å². The van der Waals surface area contributed by atoms with Crippen molar-refractivity contribution in [3.8, 4) is 0 Å². The van der Waals surface area contributed by atoms with Gasteiger partial charge in [0.05, 0.1) is 0 Å². The summed E-state index contributed by atoms with van der Waals surface area (Å²) in [4.78, 5) is 11.4. The summed E-state index contributed by atoms with van der Waals surface area (Å²) in [5, 5.41) is 2.26. The van der Waals surface area contributed by atoms with Crippen LogP contribution < -0.4 is 5.32 Å². The molecule has 2 nitrogen and oxygen atoms in total. The van der Waals surface area contributed by atoms with Crippen molar-refractivity contribution in [3.05, 3.63) is 45.5 Å². The van der Waals surface area contributed by atoms with Crippen LogP contribution in [0.1, 0.15) is 10.4 Å². The summed E-state index contributed by atoms with van der Waals surface area (Å²) < 4.78 is -0.170. The zero-order chi connectivity index (χ0) is 10.6. The molecule has 5 heteroatoms. The first-order valence-electron chi connectivity index (χ1n) is 3.68. The van der Waals surface area contributed by atoms with E-state index in [-0.39, 0.29) is 15.6 Å². The number of rotatable bonds is 2. The van der Waals surface area contributed by atoms with E-state index < -0.39 is 0 Å². The van der Waals surface area contributed by atoms with Crippen molar-refractivity contribution < 1.29 is 4.79 Å². The predicted molar refractivity (Wildman–Crippen MR) is 58.5 cm³/mol. The Morgan fingerprint density at radius 1 is 1.07 bits per heavy atom. The van der Waals surface area contributed by atoms with Gasteiger partial charge in [0, 0.05) is 5.56 Å². The Kier molecular flexibility index (Phi) is 4.26. The molecule has 0 atom stereocenters. The molecule has 0 spiro atoms. The van der Waals surface area contributed by atoms with Gasteiger partial charge in [-0.25, -0.2) is 0 Å². The summed E-state index contributed by atoms with van der Waals surface area (Å²) in [6.45, 7) is 0. The van der Waals surface area contributed by atoms with Crippen LogP contribution in [0.3, 0.4) is 0 Å². The molecule has 0 aliphatic rings. The normalized spacial score (nSPS) is 9.36. The highest BCUT2D eigenvalue weighted by atomic mass is 35.5. The van der Waals surface area contributed by atoms with E-state index in [1.54, 1.807) is 24.3 Å². The fraction of sp³-hybridized carbons (Fsp3) is 0. The second kappa shape index (κ2) is 5.25. The molecule has 0 aliphatic heterocycles. The topological polar surface area (TPSA) is 29.1 Å². The van der Waals surface area contributed by atoms with Crippen molar-refractivity contribution in [1.29, 1.82) is 0 Å². The molecule has 0 unspecified atom stereocenters. The highest BCUT2D eigenvalue weighted by Crippen LogP contribution is 2.15. The van der Waals surface area contributed by atoms with Gasteiger partial charge in [-0.1, -0.05) is 53.0 Å². The molecule has 0 saturated carbocycles. The average molecular weight is 251 g/mol. The minimum atomic E-state index is -0.352. The summed E-state index contributed by atoms with van der Waals surface area (Å²) in [5.74, 6) is -0.352. The number of amides is 1. The van der Waals surface area contributed by atoms with Gasteiger partial charge >= 0.3 is 0 Å². The van der Waals surface area contributed by atoms with Gasteiger partial charge < -0.3 is 5.32 Å². The molecule has 0 aromatic heterocycles. The molecule has 1 aromatic rings. The summed E-state index contributed by atoms with van der Waals surface area (Å²) in [6.07, 6.45) is 0. The minimum Gasteiger partial charge on any atom is -0.310 e. The van der Waals surface area contributed by atoms with E-state index in [1.807, 2.05) is 6.07 Å². The van der Waals surface area contributed by atoms with Crippen molar-refractivity contribution in [2.45, 2.75) is 0 Å². The van der Waals surface area contributed by atoms with Crippen LogP contribution in [0, 0.1) is 0 Å². The lowest BCUT2D eigenvalue weighted by molar-refractivity contribution is 0.0968. The van der Waals surface area contributed by atoms with E-state index in [4.69, 9.17) is 34.8 Å². The number of hydrogen-bond donors (Lipinski definition) is 1. The van der Waals surface area contributed by atoms with Crippen LogP contribution >= 0.6 is 34.8 Å². The molecule has 0 aliphatic carbocycles.